The molecule has 0 aliphatic rings. The summed E-state index contributed by atoms with van der Waals surface area (Å²) in [6.45, 7) is 0.222. The summed E-state index contributed by atoms with van der Waals surface area (Å²) in [5, 5.41) is 9.12. The number of hydrogen-bond donors (Lipinski definition) is 1. The van der Waals surface area contributed by atoms with Crippen LogP contribution in [0.15, 0.2) is 28.7 Å². The van der Waals surface area contributed by atoms with Gasteiger partial charge in [0.05, 0.1) is 5.88 Å². The molecule has 0 aliphatic carbocycles. The lowest BCUT2D eigenvalue weighted by molar-refractivity contribution is 0.125. The summed E-state index contributed by atoms with van der Waals surface area (Å²) in [6.07, 6.45) is -0.611. The van der Waals surface area contributed by atoms with Gasteiger partial charge in [-0.05, 0) is 18.2 Å². The van der Waals surface area contributed by atoms with Crippen molar-refractivity contribution in [1.82, 2.24) is 0 Å². The van der Waals surface area contributed by atoms with Gasteiger partial charge in [0, 0.05) is 4.47 Å². The minimum Gasteiger partial charge on any atom is -0.491 e. The Morgan fingerprint density at radius 2 is 2.31 bits per heavy atom. The Morgan fingerprint density at radius 3 is 2.92 bits per heavy atom. The van der Waals surface area contributed by atoms with Gasteiger partial charge in [-0.3, -0.25) is 0 Å². The van der Waals surface area contributed by atoms with Crippen molar-refractivity contribution < 1.29 is 9.84 Å². The van der Waals surface area contributed by atoms with Crippen molar-refractivity contribution in [2.45, 2.75) is 6.10 Å². The molecule has 0 saturated carbocycles. The topological polar surface area (TPSA) is 29.5 Å². The number of benzene rings is 1. The van der Waals surface area contributed by atoms with Gasteiger partial charge in [0.25, 0.3) is 0 Å². The molecule has 1 aromatic carbocycles. The van der Waals surface area contributed by atoms with Gasteiger partial charge < -0.3 is 9.84 Å². The fourth-order valence-corrected chi connectivity index (χ4v) is 1.26. The zero-order valence-corrected chi connectivity index (χ0v) is 9.25. The van der Waals surface area contributed by atoms with Crippen LogP contribution in [-0.2, 0) is 0 Å². The van der Waals surface area contributed by atoms with Crippen molar-refractivity contribution in [3.63, 3.8) is 0 Å². The quantitative estimate of drug-likeness (QED) is 0.847. The monoisotopic (exact) mass is 264 g/mol. The van der Waals surface area contributed by atoms with Gasteiger partial charge in [0.1, 0.15) is 18.5 Å². The van der Waals surface area contributed by atoms with Crippen LogP contribution in [-0.4, -0.2) is 23.7 Å². The van der Waals surface area contributed by atoms with Crippen LogP contribution in [0.2, 0.25) is 0 Å². The zero-order valence-electron chi connectivity index (χ0n) is 6.91. The summed E-state index contributed by atoms with van der Waals surface area (Å²) < 4.78 is 6.22. The highest BCUT2D eigenvalue weighted by Gasteiger charge is 2.02. The van der Waals surface area contributed by atoms with E-state index in [0.717, 1.165) is 10.2 Å². The molecule has 1 unspecified atom stereocenters. The molecule has 0 radical (unpaired) electrons. The smallest absolute Gasteiger partial charge is 0.120 e. The molecule has 2 nitrogen and oxygen atoms in total. The summed E-state index contributed by atoms with van der Waals surface area (Å²) in [4.78, 5) is 0. The van der Waals surface area contributed by atoms with Crippen LogP contribution in [0, 0.1) is 0 Å². The van der Waals surface area contributed by atoms with E-state index in [0.29, 0.717) is 0 Å². The first-order valence-corrected chi connectivity index (χ1v) is 5.17. The first kappa shape index (κ1) is 10.8. The van der Waals surface area contributed by atoms with Crippen LogP contribution < -0.4 is 4.74 Å². The summed E-state index contributed by atoms with van der Waals surface area (Å²) in [7, 11) is 0. The Bertz CT molecular complexity index is 268. The van der Waals surface area contributed by atoms with Gasteiger partial charge in [0.2, 0.25) is 0 Å². The molecular formula is C9H10BrClO2. The molecule has 0 spiro atoms. The average molecular weight is 266 g/mol. The van der Waals surface area contributed by atoms with Crippen molar-refractivity contribution in [2.24, 2.45) is 0 Å². The van der Waals surface area contributed by atoms with E-state index >= 15 is 0 Å². The van der Waals surface area contributed by atoms with E-state index in [1.807, 2.05) is 24.3 Å². The molecule has 0 saturated heterocycles. The minimum atomic E-state index is -0.611. The molecule has 4 heteroatoms. The maximum atomic E-state index is 9.12. The lowest BCUT2D eigenvalue weighted by Crippen LogP contribution is -2.18. The lowest BCUT2D eigenvalue weighted by Gasteiger charge is -2.09. The highest BCUT2D eigenvalue weighted by Crippen LogP contribution is 2.17. The molecule has 0 amide bonds. The van der Waals surface area contributed by atoms with Crippen LogP contribution in [0.25, 0.3) is 0 Å². The van der Waals surface area contributed by atoms with Crippen molar-refractivity contribution in [1.29, 1.82) is 0 Å². The molecule has 72 valence electrons. The summed E-state index contributed by atoms with van der Waals surface area (Å²) in [5.74, 6) is 0.909. The second-order valence-corrected chi connectivity index (χ2v) is 3.80. The highest BCUT2D eigenvalue weighted by atomic mass is 79.9. The van der Waals surface area contributed by atoms with E-state index in [1.54, 1.807) is 0 Å². The van der Waals surface area contributed by atoms with E-state index in [-0.39, 0.29) is 12.5 Å². The molecule has 0 aromatic heterocycles. The molecule has 13 heavy (non-hydrogen) atoms. The zero-order chi connectivity index (χ0) is 9.68. The summed E-state index contributed by atoms with van der Waals surface area (Å²) >= 11 is 8.73. The molecule has 1 rings (SSSR count). The second-order valence-electron chi connectivity index (χ2n) is 2.58. The first-order chi connectivity index (χ1) is 6.22. The molecule has 1 aromatic rings. The molecule has 0 aliphatic heterocycles. The Balaban J connectivity index is 2.45. The third-order valence-corrected chi connectivity index (χ3v) is 2.27. The Hall–Kier alpha value is -0.250. The van der Waals surface area contributed by atoms with Gasteiger partial charge in [-0.25, -0.2) is 0 Å². The van der Waals surface area contributed by atoms with Gasteiger partial charge in [-0.1, -0.05) is 22.0 Å². The van der Waals surface area contributed by atoms with Gasteiger partial charge in [-0.15, -0.1) is 11.6 Å². The maximum Gasteiger partial charge on any atom is 0.120 e. The third kappa shape index (κ3) is 3.98. The van der Waals surface area contributed by atoms with Crippen LogP contribution in [0.3, 0.4) is 0 Å². The Morgan fingerprint density at radius 1 is 1.54 bits per heavy atom. The predicted molar refractivity (Wildman–Crippen MR) is 56.4 cm³/mol. The van der Waals surface area contributed by atoms with Crippen molar-refractivity contribution in [2.75, 3.05) is 12.5 Å². The fraction of sp³-hybridized carbons (Fsp3) is 0.333. The molecule has 0 fully saturated rings. The molecule has 1 N–H and O–H groups in total. The van der Waals surface area contributed by atoms with E-state index in [9.17, 15) is 0 Å². The maximum absolute atomic E-state index is 9.12. The summed E-state index contributed by atoms with van der Waals surface area (Å²) in [5.41, 5.74) is 0. The number of alkyl halides is 1. The van der Waals surface area contributed by atoms with Gasteiger partial charge in [-0.2, -0.15) is 0 Å². The first-order valence-electron chi connectivity index (χ1n) is 3.85. The van der Waals surface area contributed by atoms with Crippen LogP contribution in [0.4, 0.5) is 0 Å². The fourth-order valence-electron chi connectivity index (χ4n) is 0.794. The third-order valence-electron chi connectivity index (χ3n) is 1.42. The molecule has 0 heterocycles. The van der Waals surface area contributed by atoms with E-state index in [1.165, 1.54) is 0 Å². The van der Waals surface area contributed by atoms with Crippen molar-refractivity contribution >= 4 is 27.5 Å². The van der Waals surface area contributed by atoms with Crippen LogP contribution in [0.1, 0.15) is 0 Å². The van der Waals surface area contributed by atoms with E-state index < -0.39 is 6.10 Å². The molecule has 0 bridgehead atoms. The van der Waals surface area contributed by atoms with Crippen LogP contribution in [0.5, 0.6) is 5.75 Å². The highest BCUT2D eigenvalue weighted by molar-refractivity contribution is 9.10. The normalized spacial score (nSPS) is 12.5. The van der Waals surface area contributed by atoms with E-state index in [4.69, 9.17) is 21.4 Å². The number of aliphatic hydroxyl groups excluding tert-OH is 1. The summed E-state index contributed by atoms with van der Waals surface area (Å²) in [6, 6.07) is 7.43. The van der Waals surface area contributed by atoms with Gasteiger partial charge >= 0.3 is 0 Å². The Labute approximate surface area is 90.6 Å². The van der Waals surface area contributed by atoms with Crippen LogP contribution >= 0.6 is 27.5 Å². The molecule has 1 atom stereocenters. The number of halogens is 2. The van der Waals surface area contributed by atoms with Crippen molar-refractivity contribution in [3.05, 3.63) is 28.7 Å². The van der Waals surface area contributed by atoms with E-state index in [2.05, 4.69) is 15.9 Å². The van der Waals surface area contributed by atoms with Gasteiger partial charge in [0.15, 0.2) is 0 Å². The standard InChI is InChI=1S/C9H10BrClO2/c10-7-2-1-3-9(4-7)13-6-8(12)5-11/h1-4,8,12H,5-6H2. The lowest BCUT2D eigenvalue weighted by atomic mass is 10.3. The largest absolute Gasteiger partial charge is 0.491 e. The SMILES string of the molecule is OC(CCl)COc1cccc(Br)c1. The minimum absolute atomic E-state index is 0.188. The predicted octanol–water partition coefficient (Wildman–Crippen LogP) is 2.43. The number of aliphatic hydroxyl groups is 1. The number of hydrogen-bond acceptors (Lipinski definition) is 2. The Kier molecular flexibility index (Phi) is 4.56. The van der Waals surface area contributed by atoms with Crippen molar-refractivity contribution in [3.8, 4) is 5.75 Å². The number of rotatable bonds is 4. The molecular weight excluding hydrogens is 255 g/mol. The average Bonchev–Trinajstić information content (AvgIpc) is 2.14. The number of ether oxygens (including phenoxy) is 1. The second kappa shape index (κ2) is 5.47.